The second-order valence-corrected chi connectivity index (χ2v) is 5.82. The van der Waals surface area contributed by atoms with Crippen molar-refractivity contribution in [1.82, 2.24) is 0 Å². The number of fused-ring (bicyclic) bond motifs is 1. The third-order valence-electron chi connectivity index (χ3n) is 3.94. The highest BCUT2D eigenvalue weighted by Crippen LogP contribution is 2.11. The highest BCUT2D eigenvalue weighted by Gasteiger charge is 1.98. The Kier molecular flexibility index (Phi) is 6.11. The molecule has 0 saturated heterocycles. The Labute approximate surface area is 154 Å². The molecule has 0 aliphatic rings. The Balaban J connectivity index is 0.000000167. The Morgan fingerprint density at radius 2 is 0.962 bits per heavy atom. The number of allylic oxidation sites excluding steroid dienone is 1. The molecule has 0 aromatic heterocycles. The van der Waals surface area contributed by atoms with Crippen molar-refractivity contribution in [3.63, 3.8) is 0 Å². The van der Waals surface area contributed by atoms with Crippen LogP contribution in [0.5, 0.6) is 0 Å². The van der Waals surface area contributed by atoms with Crippen molar-refractivity contribution in [2.24, 2.45) is 0 Å². The van der Waals surface area contributed by atoms with E-state index in [2.05, 4.69) is 48.5 Å². The van der Waals surface area contributed by atoms with E-state index in [1.165, 1.54) is 10.8 Å². The minimum absolute atomic E-state index is 0.0319. The molecule has 0 radical (unpaired) electrons. The molecule has 0 unspecified atom stereocenters. The van der Waals surface area contributed by atoms with Crippen LogP contribution in [0.4, 0.5) is 0 Å². The fourth-order valence-corrected chi connectivity index (χ4v) is 2.57. The fraction of sp³-hybridized carbons (Fsp3) is 0. The molecule has 0 heterocycles. The molecule has 0 spiro atoms. The van der Waals surface area contributed by atoms with E-state index in [1.807, 2.05) is 66.7 Å². The van der Waals surface area contributed by atoms with Gasteiger partial charge in [0.25, 0.3) is 0 Å². The molecule has 126 valence electrons. The van der Waals surface area contributed by atoms with Crippen molar-refractivity contribution in [1.29, 1.82) is 0 Å². The Morgan fingerprint density at radius 3 is 1.46 bits per heavy atom. The number of hydrogen-bond acceptors (Lipinski definition) is 1. The van der Waals surface area contributed by atoms with Crippen molar-refractivity contribution in [3.05, 3.63) is 126 Å². The van der Waals surface area contributed by atoms with Gasteiger partial charge in [0, 0.05) is 5.56 Å². The SMILES string of the molecule is O=C(C=Cc1ccccc1)c1ccccc1.c1ccc2ccccc2c1. The van der Waals surface area contributed by atoms with Crippen molar-refractivity contribution >= 4 is 22.6 Å². The molecule has 26 heavy (non-hydrogen) atoms. The normalized spacial score (nSPS) is 10.3. The molecule has 0 saturated carbocycles. The lowest BCUT2D eigenvalue weighted by molar-refractivity contribution is 0.104. The van der Waals surface area contributed by atoms with Crippen LogP contribution in [0.25, 0.3) is 16.8 Å². The number of benzene rings is 4. The second kappa shape index (κ2) is 9.14. The predicted molar refractivity (Wildman–Crippen MR) is 110 cm³/mol. The molecule has 4 rings (SSSR count). The summed E-state index contributed by atoms with van der Waals surface area (Å²) in [7, 11) is 0. The maximum Gasteiger partial charge on any atom is 0.185 e. The smallest absolute Gasteiger partial charge is 0.185 e. The van der Waals surface area contributed by atoms with Crippen molar-refractivity contribution in [3.8, 4) is 0 Å². The summed E-state index contributed by atoms with van der Waals surface area (Å²) in [6, 6.07) is 35.8. The third-order valence-corrected chi connectivity index (χ3v) is 3.94. The van der Waals surface area contributed by atoms with Crippen LogP contribution < -0.4 is 0 Å². The zero-order chi connectivity index (χ0) is 18.0. The van der Waals surface area contributed by atoms with Gasteiger partial charge in [0.1, 0.15) is 0 Å². The van der Waals surface area contributed by atoms with Crippen molar-refractivity contribution < 1.29 is 4.79 Å². The van der Waals surface area contributed by atoms with E-state index in [1.54, 1.807) is 6.08 Å². The van der Waals surface area contributed by atoms with Gasteiger partial charge in [-0.3, -0.25) is 4.79 Å². The molecule has 1 nitrogen and oxygen atoms in total. The van der Waals surface area contributed by atoms with E-state index < -0.39 is 0 Å². The summed E-state index contributed by atoms with van der Waals surface area (Å²) in [5, 5.41) is 2.62. The van der Waals surface area contributed by atoms with E-state index >= 15 is 0 Å². The Bertz CT molecular complexity index is 920. The second-order valence-electron chi connectivity index (χ2n) is 5.82. The van der Waals surface area contributed by atoms with Gasteiger partial charge in [0.15, 0.2) is 5.78 Å². The minimum Gasteiger partial charge on any atom is -0.289 e. The first-order valence-electron chi connectivity index (χ1n) is 8.59. The molecule has 0 N–H and O–H groups in total. The fourth-order valence-electron chi connectivity index (χ4n) is 2.57. The molecule has 0 aliphatic carbocycles. The lowest BCUT2D eigenvalue weighted by Crippen LogP contribution is -1.92. The summed E-state index contributed by atoms with van der Waals surface area (Å²) in [4.78, 5) is 11.7. The maximum absolute atomic E-state index is 11.7. The summed E-state index contributed by atoms with van der Waals surface area (Å²) in [5.74, 6) is 0.0319. The molecule has 0 fully saturated rings. The Hall–Kier alpha value is -3.45. The van der Waals surface area contributed by atoms with Crippen LogP contribution in [-0.4, -0.2) is 5.78 Å². The Morgan fingerprint density at radius 1 is 0.538 bits per heavy atom. The van der Waals surface area contributed by atoms with Gasteiger partial charge < -0.3 is 0 Å². The van der Waals surface area contributed by atoms with Crippen molar-refractivity contribution in [2.45, 2.75) is 0 Å². The first-order valence-corrected chi connectivity index (χ1v) is 8.59. The monoisotopic (exact) mass is 336 g/mol. The first-order chi connectivity index (χ1) is 12.8. The number of carbonyl (C=O) groups is 1. The molecule has 0 amide bonds. The molecular weight excluding hydrogens is 316 g/mol. The van der Waals surface area contributed by atoms with Gasteiger partial charge in [-0.1, -0.05) is 115 Å². The minimum atomic E-state index is 0.0319. The van der Waals surface area contributed by atoms with Crippen LogP contribution in [0, 0.1) is 0 Å². The molecular formula is C25H20O. The molecule has 4 aromatic rings. The maximum atomic E-state index is 11.7. The quantitative estimate of drug-likeness (QED) is 0.311. The molecule has 4 aromatic carbocycles. The van der Waals surface area contributed by atoms with Crippen LogP contribution in [-0.2, 0) is 0 Å². The number of hydrogen-bond donors (Lipinski definition) is 0. The molecule has 1 heteroatoms. The molecule has 0 atom stereocenters. The standard InChI is InChI=1S/C15H12O.C10H8/c16-15(14-9-5-2-6-10-14)12-11-13-7-3-1-4-8-13;1-2-6-10-8-4-3-7-9(10)5-1/h1-12H;1-8H. The average Bonchev–Trinajstić information content (AvgIpc) is 2.74. The average molecular weight is 336 g/mol. The van der Waals surface area contributed by atoms with E-state index in [9.17, 15) is 4.79 Å². The molecule has 0 bridgehead atoms. The lowest BCUT2D eigenvalue weighted by atomic mass is 10.1. The number of carbonyl (C=O) groups excluding carboxylic acids is 1. The highest BCUT2D eigenvalue weighted by atomic mass is 16.1. The largest absolute Gasteiger partial charge is 0.289 e. The topological polar surface area (TPSA) is 17.1 Å². The van der Waals surface area contributed by atoms with Crippen LogP contribution in [0.2, 0.25) is 0 Å². The first kappa shape index (κ1) is 17.4. The van der Waals surface area contributed by atoms with Gasteiger partial charge >= 0.3 is 0 Å². The van der Waals surface area contributed by atoms with Crippen LogP contribution in [0.15, 0.2) is 115 Å². The van der Waals surface area contributed by atoms with Gasteiger partial charge in [-0.05, 0) is 22.4 Å². The van der Waals surface area contributed by atoms with Gasteiger partial charge in [-0.25, -0.2) is 0 Å². The van der Waals surface area contributed by atoms with Gasteiger partial charge in [0.2, 0.25) is 0 Å². The zero-order valence-electron chi connectivity index (χ0n) is 14.5. The van der Waals surface area contributed by atoms with E-state index in [0.717, 1.165) is 11.1 Å². The van der Waals surface area contributed by atoms with Gasteiger partial charge in [0.05, 0.1) is 0 Å². The summed E-state index contributed by atoms with van der Waals surface area (Å²) >= 11 is 0. The summed E-state index contributed by atoms with van der Waals surface area (Å²) in [6.07, 6.45) is 3.43. The van der Waals surface area contributed by atoms with Gasteiger partial charge in [-0.15, -0.1) is 0 Å². The summed E-state index contributed by atoms with van der Waals surface area (Å²) in [5.41, 5.74) is 1.75. The van der Waals surface area contributed by atoms with E-state index in [4.69, 9.17) is 0 Å². The van der Waals surface area contributed by atoms with E-state index in [0.29, 0.717) is 0 Å². The van der Waals surface area contributed by atoms with Crippen molar-refractivity contribution in [2.75, 3.05) is 0 Å². The van der Waals surface area contributed by atoms with Crippen LogP contribution >= 0.6 is 0 Å². The van der Waals surface area contributed by atoms with Gasteiger partial charge in [-0.2, -0.15) is 0 Å². The summed E-state index contributed by atoms with van der Waals surface area (Å²) < 4.78 is 0. The predicted octanol–water partition coefficient (Wildman–Crippen LogP) is 6.42. The zero-order valence-corrected chi connectivity index (χ0v) is 14.5. The lowest BCUT2D eigenvalue weighted by Gasteiger charge is -1.94. The number of rotatable bonds is 3. The highest BCUT2D eigenvalue weighted by molar-refractivity contribution is 6.06. The number of ketones is 1. The van der Waals surface area contributed by atoms with Crippen LogP contribution in [0.1, 0.15) is 15.9 Å². The summed E-state index contributed by atoms with van der Waals surface area (Å²) in [6.45, 7) is 0. The third kappa shape index (κ3) is 5.02. The van der Waals surface area contributed by atoms with E-state index in [-0.39, 0.29) is 5.78 Å². The molecule has 0 aliphatic heterocycles. The van der Waals surface area contributed by atoms with Crippen LogP contribution in [0.3, 0.4) is 0 Å².